The van der Waals surface area contributed by atoms with E-state index < -0.39 is 17.7 Å². The molecule has 1 aliphatic heterocycles. The van der Waals surface area contributed by atoms with Gasteiger partial charge in [0, 0.05) is 6.54 Å². The van der Waals surface area contributed by atoms with Crippen LogP contribution in [0.15, 0.2) is 71.3 Å². The number of carbonyl (C=O) groups excluding carboxylic acids is 2. The molecule has 0 radical (unpaired) electrons. The number of hydrogen-bond donors (Lipinski definition) is 2. The van der Waals surface area contributed by atoms with Gasteiger partial charge in [0.25, 0.3) is 5.91 Å². The summed E-state index contributed by atoms with van der Waals surface area (Å²) in [5.74, 6) is -0.287. The molecule has 0 unspecified atom stereocenters. The highest BCUT2D eigenvalue weighted by atomic mass is 32.1. The lowest BCUT2D eigenvalue weighted by Crippen LogP contribution is -2.33. The molecule has 2 heterocycles. The average Bonchev–Trinajstić information content (AvgIpc) is 3.45. The fraction of sp³-hybridized carbons (Fsp3) is 0.200. The van der Waals surface area contributed by atoms with Gasteiger partial charge in [0.15, 0.2) is 17.3 Å². The lowest BCUT2D eigenvalue weighted by Gasteiger charge is -2.27. The van der Waals surface area contributed by atoms with Crippen molar-refractivity contribution in [1.82, 2.24) is 4.90 Å². The van der Waals surface area contributed by atoms with E-state index in [1.165, 1.54) is 28.4 Å². The van der Waals surface area contributed by atoms with Crippen molar-refractivity contribution in [2.24, 2.45) is 0 Å². The number of phenolic OH excluding ortho intramolecular Hbond substituents is 1. The lowest BCUT2D eigenvalue weighted by atomic mass is 9.95. The van der Waals surface area contributed by atoms with Crippen molar-refractivity contribution in [3.63, 3.8) is 0 Å². The van der Waals surface area contributed by atoms with Crippen molar-refractivity contribution in [1.29, 1.82) is 0 Å². The summed E-state index contributed by atoms with van der Waals surface area (Å²) in [6, 6.07) is 14.4. The molecule has 0 spiro atoms. The Hall–Kier alpha value is -3.78. The Balaban J connectivity index is 1.67. The Labute approximate surface area is 195 Å². The first-order chi connectivity index (χ1) is 15.9. The maximum atomic E-state index is 13.2. The summed E-state index contributed by atoms with van der Waals surface area (Å²) in [5, 5.41) is 22.2. The highest BCUT2D eigenvalue weighted by Crippen LogP contribution is 2.40. The first-order valence-electron chi connectivity index (χ1n) is 10.3. The molecule has 0 saturated heterocycles. The zero-order chi connectivity index (χ0) is 23.5. The van der Waals surface area contributed by atoms with Gasteiger partial charge in [-0.3, -0.25) is 9.59 Å². The second kappa shape index (κ2) is 9.38. The minimum absolute atomic E-state index is 0.0421. The zero-order valence-electron chi connectivity index (χ0n) is 18.1. The fourth-order valence-corrected chi connectivity index (χ4v) is 4.62. The van der Waals surface area contributed by atoms with E-state index in [4.69, 9.17) is 9.47 Å². The second-order valence-corrected chi connectivity index (χ2v) is 8.45. The summed E-state index contributed by atoms with van der Waals surface area (Å²) >= 11 is 1.25. The van der Waals surface area contributed by atoms with E-state index in [2.05, 4.69) is 0 Å². The van der Waals surface area contributed by atoms with Gasteiger partial charge in [-0.15, -0.1) is 11.3 Å². The van der Waals surface area contributed by atoms with E-state index in [0.717, 1.165) is 5.56 Å². The molecule has 2 N–H and O–H groups in total. The predicted molar refractivity (Wildman–Crippen MR) is 124 cm³/mol. The van der Waals surface area contributed by atoms with Gasteiger partial charge in [-0.2, -0.15) is 0 Å². The molecule has 2 aromatic carbocycles. The molecule has 0 aliphatic carbocycles. The molecule has 0 bridgehead atoms. The molecule has 8 heteroatoms. The van der Waals surface area contributed by atoms with Crippen LogP contribution in [0.1, 0.15) is 26.8 Å². The number of aliphatic hydroxyl groups is 1. The Kier molecular flexibility index (Phi) is 6.37. The Bertz CT molecular complexity index is 1200. The topological polar surface area (TPSA) is 96.3 Å². The first kappa shape index (κ1) is 22.4. The van der Waals surface area contributed by atoms with E-state index in [0.29, 0.717) is 28.4 Å². The van der Waals surface area contributed by atoms with Crippen LogP contribution in [-0.2, 0) is 11.2 Å². The number of methoxy groups -OCH3 is 2. The SMILES string of the molecule is COc1ccc(CCN2C(=O)C(O)=C(C(=O)c3cccs3)[C@H]2c2ccc(O)cc2)cc1OC. The number of amides is 1. The molecule has 7 nitrogen and oxygen atoms in total. The van der Waals surface area contributed by atoms with Crippen LogP contribution in [0.5, 0.6) is 17.2 Å². The molecular weight excluding hydrogens is 442 g/mol. The number of benzene rings is 2. The van der Waals surface area contributed by atoms with Crippen molar-refractivity contribution in [3.05, 3.63) is 87.3 Å². The van der Waals surface area contributed by atoms with Crippen molar-refractivity contribution >= 4 is 23.0 Å². The van der Waals surface area contributed by atoms with Crippen LogP contribution in [0.2, 0.25) is 0 Å². The highest BCUT2D eigenvalue weighted by Gasteiger charge is 2.43. The van der Waals surface area contributed by atoms with E-state index in [1.807, 2.05) is 12.1 Å². The van der Waals surface area contributed by atoms with Gasteiger partial charge in [0.2, 0.25) is 5.78 Å². The third-order valence-electron chi connectivity index (χ3n) is 5.59. The minimum atomic E-state index is -0.771. The Morgan fingerprint density at radius 2 is 1.76 bits per heavy atom. The number of hydrogen-bond acceptors (Lipinski definition) is 7. The first-order valence-corrected chi connectivity index (χ1v) is 11.1. The number of aliphatic hydroxyl groups excluding tert-OH is 1. The normalized spacial score (nSPS) is 15.8. The van der Waals surface area contributed by atoms with E-state index >= 15 is 0 Å². The summed E-state index contributed by atoms with van der Waals surface area (Å²) in [4.78, 5) is 28.2. The summed E-state index contributed by atoms with van der Waals surface area (Å²) in [7, 11) is 3.11. The molecule has 1 amide bonds. The van der Waals surface area contributed by atoms with Crippen LogP contribution in [0.4, 0.5) is 0 Å². The lowest BCUT2D eigenvalue weighted by molar-refractivity contribution is -0.129. The van der Waals surface area contributed by atoms with E-state index in [9.17, 15) is 19.8 Å². The summed E-state index contributed by atoms with van der Waals surface area (Å²) < 4.78 is 10.6. The van der Waals surface area contributed by atoms with Crippen LogP contribution in [0.25, 0.3) is 0 Å². The molecule has 0 fully saturated rings. The smallest absolute Gasteiger partial charge is 0.290 e. The maximum Gasteiger partial charge on any atom is 0.290 e. The van der Waals surface area contributed by atoms with Gasteiger partial charge in [-0.25, -0.2) is 0 Å². The van der Waals surface area contributed by atoms with Crippen LogP contribution >= 0.6 is 11.3 Å². The predicted octanol–water partition coefficient (Wildman–Crippen LogP) is 4.29. The maximum absolute atomic E-state index is 13.2. The molecule has 33 heavy (non-hydrogen) atoms. The summed E-state index contributed by atoms with van der Waals surface area (Å²) in [6.07, 6.45) is 0.467. The van der Waals surface area contributed by atoms with Crippen molar-refractivity contribution in [3.8, 4) is 17.2 Å². The number of ether oxygens (including phenoxy) is 2. The van der Waals surface area contributed by atoms with E-state index in [1.54, 1.807) is 49.9 Å². The largest absolute Gasteiger partial charge is 0.508 e. The number of thiophene rings is 1. The Morgan fingerprint density at radius 1 is 1.03 bits per heavy atom. The molecule has 1 atom stereocenters. The number of carbonyl (C=O) groups is 2. The molecule has 1 aromatic heterocycles. The van der Waals surface area contributed by atoms with Gasteiger partial charge in [0.05, 0.1) is 30.7 Å². The van der Waals surface area contributed by atoms with Gasteiger partial charge in [-0.1, -0.05) is 24.3 Å². The average molecular weight is 466 g/mol. The molecule has 4 rings (SSSR count). The number of Topliss-reactive ketones (excluding diaryl/α,β-unsaturated/α-hetero) is 1. The molecular formula is C25H23NO6S. The number of rotatable bonds is 8. The van der Waals surface area contributed by atoms with Gasteiger partial charge in [-0.05, 0) is 53.3 Å². The number of aromatic hydroxyl groups is 1. The molecule has 3 aromatic rings. The highest BCUT2D eigenvalue weighted by molar-refractivity contribution is 7.12. The van der Waals surface area contributed by atoms with Crippen LogP contribution in [0, 0.1) is 0 Å². The summed E-state index contributed by atoms with van der Waals surface area (Å²) in [6.45, 7) is 0.255. The fourth-order valence-electron chi connectivity index (χ4n) is 3.95. The van der Waals surface area contributed by atoms with Crippen LogP contribution in [-0.4, -0.2) is 47.6 Å². The molecule has 170 valence electrons. The third-order valence-corrected chi connectivity index (χ3v) is 6.46. The molecule has 1 aliphatic rings. The summed E-state index contributed by atoms with van der Waals surface area (Å²) in [5.41, 5.74) is 1.57. The second-order valence-electron chi connectivity index (χ2n) is 7.50. The van der Waals surface area contributed by atoms with E-state index in [-0.39, 0.29) is 23.7 Å². The molecule has 0 saturated carbocycles. The van der Waals surface area contributed by atoms with Crippen molar-refractivity contribution in [2.45, 2.75) is 12.5 Å². The monoisotopic (exact) mass is 465 g/mol. The quantitative estimate of drug-likeness (QED) is 0.482. The van der Waals surface area contributed by atoms with Crippen LogP contribution in [0.3, 0.4) is 0 Å². The van der Waals surface area contributed by atoms with Gasteiger partial charge < -0.3 is 24.6 Å². The Morgan fingerprint density at radius 3 is 2.39 bits per heavy atom. The number of nitrogens with zero attached hydrogens (tertiary/aromatic N) is 1. The van der Waals surface area contributed by atoms with Crippen molar-refractivity contribution < 1.29 is 29.3 Å². The van der Waals surface area contributed by atoms with Gasteiger partial charge >= 0.3 is 0 Å². The minimum Gasteiger partial charge on any atom is -0.508 e. The standard InChI is InChI=1S/C25H23NO6S/c1-31-18-10-5-15(14-19(18)32-2)11-12-26-22(16-6-8-17(27)9-7-16)21(24(29)25(26)30)23(28)20-4-3-13-33-20/h3-10,13-14,22,27,29H,11-12H2,1-2H3/t22-/m1/s1. The third kappa shape index (κ3) is 4.29. The number of phenols is 1. The number of ketones is 1. The van der Waals surface area contributed by atoms with Crippen molar-refractivity contribution in [2.75, 3.05) is 20.8 Å². The van der Waals surface area contributed by atoms with Crippen LogP contribution < -0.4 is 9.47 Å². The van der Waals surface area contributed by atoms with Gasteiger partial charge in [0.1, 0.15) is 5.75 Å². The zero-order valence-corrected chi connectivity index (χ0v) is 19.0.